The van der Waals surface area contributed by atoms with Crippen LogP contribution in [0.15, 0.2) is 30.3 Å². The smallest absolute Gasteiger partial charge is 0.237 e. The normalized spacial score (nSPS) is 22.6. The van der Waals surface area contributed by atoms with Gasteiger partial charge in [0.05, 0.1) is 6.04 Å². The van der Waals surface area contributed by atoms with Crippen LogP contribution in [-0.4, -0.2) is 40.4 Å². The monoisotopic (exact) mass is 347 g/mol. The molecule has 1 amide bonds. The summed E-state index contributed by atoms with van der Waals surface area (Å²) < 4.78 is 0. The lowest BCUT2D eigenvalue weighted by Gasteiger charge is -2.41. The molecule has 2 atom stereocenters. The maximum Gasteiger partial charge on any atom is 0.237 e. The highest BCUT2D eigenvalue weighted by Crippen LogP contribution is 2.27. The molecule has 0 saturated carbocycles. The van der Waals surface area contributed by atoms with Crippen molar-refractivity contribution in [2.75, 3.05) is 6.54 Å². The van der Waals surface area contributed by atoms with Crippen molar-refractivity contribution in [1.29, 1.82) is 0 Å². The van der Waals surface area contributed by atoms with Crippen LogP contribution in [0, 0.1) is 5.41 Å². The van der Waals surface area contributed by atoms with Gasteiger partial charge in [0.2, 0.25) is 5.91 Å². The van der Waals surface area contributed by atoms with Gasteiger partial charge in [0.15, 0.2) is 6.35 Å². The molecule has 1 heterocycles. The topological polar surface area (TPSA) is 64.6 Å². The zero-order valence-electron chi connectivity index (χ0n) is 16.2. The molecule has 0 aromatic heterocycles. The Kier molecular flexibility index (Phi) is 6.25. The number of nitrogens with zero attached hydrogens (tertiary/aromatic N) is 1. The van der Waals surface area contributed by atoms with Crippen molar-refractivity contribution in [3.8, 4) is 0 Å². The Balaban J connectivity index is 2.09. The van der Waals surface area contributed by atoms with E-state index in [1.807, 2.05) is 35.2 Å². The van der Waals surface area contributed by atoms with Crippen molar-refractivity contribution in [1.82, 2.24) is 15.5 Å². The first-order valence-corrected chi connectivity index (χ1v) is 9.11. The van der Waals surface area contributed by atoms with Crippen LogP contribution in [0.25, 0.3) is 0 Å². The third-order valence-corrected chi connectivity index (χ3v) is 4.40. The summed E-state index contributed by atoms with van der Waals surface area (Å²) >= 11 is 0. The minimum Gasteiger partial charge on any atom is -0.365 e. The summed E-state index contributed by atoms with van der Waals surface area (Å²) in [5, 5.41) is 16.6. The Bertz CT molecular complexity index is 566. The fraction of sp³-hybridized carbons (Fsp3) is 0.650. The van der Waals surface area contributed by atoms with Crippen LogP contribution in [-0.2, 0) is 11.3 Å². The van der Waals surface area contributed by atoms with E-state index in [-0.39, 0.29) is 22.9 Å². The predicted molar refractivity (Wildman–Crippen MR) is 101 cm³/mol. The number of carbonyl (C=O) groups excluding carboxylic acids is 1. The molecule has 25 heavy (non-hydrogen) atoms. The molecule has 2 unspecified atom stereocenters. The highest BCUT2D eigenvalue weighted by molar-refractivity contribution is 5.82. The molecule has 3 N–H and O–H groups in total. The maximum absolute atomic E-state index is 13.0. The molecule has 1 aromatic rings. The lowest BCUT2D eigenvalue weighted by atomic mass is 9.81. The molecular weight excluding hydrogens is 314 g/mol. The van der Waals surface area contributed by atoms with Crippen molar-refractivity contribution < 1.29 is 9.90 Å². The summed E-state index contributed by atoms with van der Waals surface area (Å²) in [5.74, 6) is -0.00858. The summed E-state index contributed by atoms with van der Waals surface area (Å²) in [6.45, 7) is 11.8. The average Bonchev–Trinajstić information content (AvgIpc) is 2.47. The van der Waals surface area contributed by atoms with Gasteiger partial charge in [-0.1, -0.05) is 51.1 Å². The van der Waals surface area contributed by atoms with E-state index < -0.39 is 6.35 Å². The number of nitrogens with one attached hydrogen (secondary N) is 2. The van der Waals surface area contributed by atoms with Gasteiger partial charge in [-0.2, -0.15) is 0 Å². The molecule has 140 valence electrons. The first-order chi connectivity index (χ1) is 11.6. The number of aliphatic hydroxyl groups excluding tert-OH is 1. The van der Waals surface area contributed by atoms with Gasteiger partial charge < -0.3 is 10.4 Å². The molecule has 1 aliphatic heterocycles. The summed E-state index contributed by atoms with van der Waals surface area (Å²) in [7, 11) is 0. The average molecular weight is 348 g/mol. The summed E-state index contributed by atoms with van der Waals surface area (Å²) in [5.41, 5.74) is 0.926. The van der Waals surface area contributed by atoms with E-state index in [1.54, 1.807) is 0 Å². The fourth-order valence-corrected chi connectivity index (χ4v) is 3.86. The number of aliphatic hydroxyl groups is 1. The van der Waals surface area contributed by atoms with Crippen LogP contribution >= 0.6 is 0 Å². The van der Waals surface area contributed by atoms with Crippen molar-refractivity contribution in [3.05, 3.63) is 35.9 Å². The Morgan fingerprint density at radius 1 is 1.24 bits per heavy atom. The number of amides is 1. The van der Waals surface area contributed by atoms with Crippen molar-refractivity contribution >= 4 is 5.91 Å². The first-order valence-electron chi connectivity index (χ1n) is 9.11. The number of hydrogen-bond donors (Lipinski definition) is 3. The molecule has 1 fully saturated rings. The molecule has 2 rings (SSSR count). The molecule has 0 bridgehead atoms. The second-order valence-electron chi connectivity index (χ2n) is 8.90. The van der Waals surface area contributed by atoms with Crippen LogP contribution < -0.4 is 10.6 Å². The number of rotatable bonds is 5. The molecule has 1 aliphatic rings. The van der Waals surface area contributed by atoms with E-state index in [4.69, 9.17) is 0 Å². The number of benzene rings is 1. The Morgan fingerprint density at radius 2 is 1.88 bits per heavy atom. The third kappa shape index (κ3) is 6.10. The lowest BCUT2D eigenvalue weighted by molar-refractivity contribution is -0.141. The van der Waals surface area contributed by atoms with Gasteiger partial charge in [-0.3, -0.25) is 10.1 Å². The van der Waals surface area contributed by atoms with E-state index in [1.165, 1.54) is 0 Å². The second kappa shape index (κ2) is 7.85. The standard InChI is InChI=1S/C20H33N3O2/c1-19(2,3)14-20(4,5)22-17(24)16-11-12-21-18(25)23(16)13-15-9-7-6-8-10-15/h6-10,16,18,21,25H,11-14H2,1-5H3,(H,22,24). The van der Waals surface area contributed by atoms with E-state index in [0.29, 0.717) is 19.5 Å². The minimum atomic E-state index is -0.810. The lowest BCUT2D eigenvalue weighted by Crippen LogP contribution is -2.62. The predicted octanol–water partition coefficient (Wildman–Crippen LogP) is 2.46. The van der Waals surface area contributed by atoms with Gasteiger partial charge in [-0.15, -0.1) is 0 Å². The summed E-state index contributed by atoms with van der Waals surface area (Å²) in [6.07, 6.45) is 0.759. The second-order valence-corrected chi connectivity index (χ2v) is 8.90. The van der Waals surface area contributed by atoms with Crippen LogP contribution in [0.2, 0.25) is 0 Å². The molecule has 0 aliphatic carbocycles. The molecule has 5 nitrogen and oxygen atoms in total. The van der Waals surface area contributed by atoms with Gasteiger partial charge in [0.1, 0.15) is 0 Å². The minimum absolute atomic E-state index is 0.00858. The zero-order valence-corrected chi connectivity index (χ0v) is 16.2. The highest BCUT2D eigenvalue weighted by Gasteiger charge is 2.36. The van der Waals surface area contributed by atoms with Gasteiger partial charge in [-0.25, -0.2) is 4.90 Å². The molecule has 1 saturated heterocycles. The van der Waals surface area contributed by atoms with Crippen LogP contribution in [0.3, 0.4) is 0 Å². The molecule has 0 radical (unpaired) electrons. The van der Waals surface area contributed by atoms with E-state index >= 15 is 0 Å². The van der Waals surface area contributed by atoms with Gasteiger partial charge in [0.25, 0.3) is 0 Å². The fourth-order valence-electron chi connectivity index (χ4n) is 3.86. The van der Waals surface area contributed by atoms with Gasteiger partial charge in [-0.05, 0) is 37.7 Å². The number of hydrogen-bond acceptors (Lipinski definition) is 4. The Labute approximate surface area is 151 Å². The van der Waals surface area contributed by atoms with Crippen molar-refractivity contribution in [3.63, 3.8) is 0 Å². The van der Waals surface area contributed by atoms with Crippen LogP contribution in [0.5, 0.6) is 0 Å². The largest absolute Gasteiger partial charge is 0.365 e. The molecule has 1 aromatic carbocycles. The SMILES string of the molecule is CC(C)(C)CC(C)(C)NC(=O)C1CCNC(O)N1Cc1ccccc1. The van der Waals surface area contributed by atoms with Crippen LogP contribution in [0.4, 0.5) is 0 Å². The van der Waals surface area contributed by atoms with E-state index in [9.17, 15) is 9.90 Å². The summed E-state index contributed by atoms with van der Waals surface area (Å²) in [6, 6.07) is 9.60. The van der Waals surface area contributed by atoms with Gasteiger partial charge in [0, 0.05) is 18.6 Å². The van der Waals surface area contributed by atoms with E-state index in [2.05, 4.69) is 45.3 Å². The highest BCUT2D eigenvalue weighted by atomic mass is 16.3. The van der Waals surface area contributed by atoms with E-state index in [0.717, 1.165) is 12.0 Å². The van der Waals surface area contributed by atoms with Gasteiger partial charge >= 0.3 is 0 Å². The maximum atomic E-state index is 13.0. The zero-order chi connectivity index (χ0) is 18.7. The first kappa shape index (κ1) is 19.9. The molecule has 5 heteroatoms. The Hall–Kier alpha value is -1.43. The Morgan fingerprint density at radius 3 is 2.48 bits per heavy atom. The summed E-state index contributed by atoms with van der Waals surface area (Å²) in [4.78, 5) is 14.8. The molecule has 0 spiro atoms. The van der Waals surface area contributed by atoms with Crippen LogP contribution in [0.1, 0.15) is 53.0 Å². The van der Waals surface area contributed by atoms with Crippen molar-refractivity contribution in [2.45, 2.75) is 71.9 Å². The van der Waals surface area contributed by atoms with Crippen molar-refractivity contribution in [2.24, 2.45) is 5.41 Å². The number of carbonyl (C=O) groups is 1. The molecular formula is C20H33N3O2. The quantitative estimate of drug-likeness (QED) is 0.766. The third-order valence-electron chi connectivity index (χ3n) is 4.40.